The summed E-state index contributed by atoms with van der Waals surface area (Å²) in [6.45, 7) is 1.93. The molecule has 0 unspecified atom stereocenters. The van der Waals surface area contributed by atoms with Crippen LogP contribution in [0.4, 0.5) is 4.79 Å². The van der Waals surface area contributed by atoms with Gasteiger partial charge in [0.25, 0.3) is 5.91 Å². The van der Waals surface area contributed by atoms with Crippen molar-refractivity contribution in [3.8, 4) is 0 Å². The number of nitrogens with one attached hydrogen (secondary N) is 2. The van der Waals surface area contributed by atoms with E-state index in [0.29, 0.717) is 6.42 Å². The molecule has 1 aliphatic rings. The van der Waals surface area contributed by atoms with Gasteiger partial charge in [-0.2, -0.15) is 0 Å². The third-order valence-corrected chi connectivity index (χ3v) is 2.07. The van der Waals surface area contributed by atoms with Crippen LogP contribution in [0.3, 0.4) is 0 Å². The van der Waals surface area contributed by atoms with E-state index in [4.69, 9.17) is 0 Å². The highest BCUT2D eigenvalue weighted by Crippen LogP contribution is 2.20. The summed E-state index contributed by atoms with van der Waals surface area (Å²) in [6, 6.07) is -0.460. The first-order chi connectivity index (χ1) is 5.08. The van der Waals surface area contributed by atoms with Gasteiger partial charge in [0, 0.05) is 0 Å². The highest BCUT2D eigenvalue weighted by molar-refractivity contribution is 7.82. The average Bonchev–Trinajstić information content (AvgIpc) is 2.08. The van der Waals surface area contributed by atoms with E-state index in [1.54, 1.807) is 0 Å². The van der Waals surface area contributed by atoms with Crippen LogP contribution in [0.5, 0.6) is 0 Å². The molecular formula is C6H10N2O2S. The molecule has 1 fully saturated rings. The summed E-state index contributed by atoms with van der Waals surface area (Å²) >= 11 is 4.07. The Bertz CT molecular complexity index is 207. The van der Waals surface area contributed by atoms with Crippen LogP contribution in [-0.2, 0) is 4.79 Å². The van der Waals surface area contributed by atoms with Crippen LogP contribution in [0.15, 0.2) is 0 Å². The molecule has 3 amide bonds. The SMILES string of the molecule is CCC[C@@]1(S)NC(=O)NC1=O. The molecule has 0 aliphatic carbocycles. The van der Waals surface area contributed by atoms with Gasteiger partial charge in [-0.1, -0.05) is 13.3 Å². The summed E-state index contributed by atoms with van der Waals surface area (Å²) in [5, 5.41) is 4.57. The molecule has 1 atom stereocenters. The fraction of sp³-hybridized carbons (Fsp3) is 0.667. The van der Waals surface area contributed by atoms with E-state index < -0.39 is 10.9 Å². The maximum atomic E-state index is 11.0. The van der Waals surface area contributed by atoms with Crippen molar-refractivity contribution in [1.82, 2.24) is 10.6 Å². The van der Waals surface area contributed by atoms with Crippen molar-refractivity contribution in [2.45, 2.75) is 24.6 Å². The molecule has 1 aliphatic heterocycles. The van der Waals surface area contributed by atoms with Gasteiger partial charge in [-0.3, -0.25) is 10.1 Å². The number of carbonyl (C=O) groups is 2. The summed E-state index contributed by atoms with van der Waals surface area (Å²) in [6.07, 6.45) is 1.35. The fourth-order valence-electron chi connectivity index (χ4n) is 1.02. The summed E-state index contributed by atoms with van der Waals surface area (Å²) in [5.41, 5.74) is 0. The van der Waals surface area contributed by atoms with Gasteiger partial charge in [0.2, 0.25) is 0 Å². The molecule has 0 aromatic carbocycles. The Hall–Kier alpha value is -0.710. The topological polar surface area (TPSA) is 58.2 Å². The maximum absolute atomic E-state index is 11.0. The maximum Gasteiger partial charge on any atom is 0.323 e. The first-order valence-corrected chi connectivity index (χ1v) is 3.89. The molecule has 1 saturated heterocycles. The fourth-order valence-corrected chi connectivity index (χ4v) is 1.40. The zero-order chi connectivity index (χ0) is 8.48. The minimum absolute atomic E-state index is 0.354. The van der Waals surface area contributed by atoms with Crippen LogP contribution < -0.4 is 10.6 Å². The summed E-state index contributed by atoms with van der Waals surface area (Å²) in [5.74, 6) is -0.354. The minimum atomic E-state index is -0.980. The Morgan fingerprint density at radius 3 is 2.55 bits per heavy atom. The molecule has 0 aromatic heterocycles. The van der Waals surface area contributed by atoms with Crippen LogP contribution in [-0.4, -0.2) is 16.8 Å². The second kappa shape index (κ2) is 2.73. The van der Waals surface area contributed by atoms with Crippen molar-refractivity contribution < 1.29 is 9.59 Å². The molecule has 0 spiro atoms. The van der Waals surface area contributed by atoms with E-state index in [0.717, 1.165) is 6.42 Å². The number of thiol groups is 1. The lowest BCUT2D eigenvalue weighted by molar-refractivity contribution is -0.121. The standard InChI is InChI=1S/C6H10N2O2S/c1-2-3-6(11)4(9)7-5(10)8-6/h11H,2-3H2,1H3,(H2,7,8,9,10)/t6-/m0/s1. The van der Waals surface area contributed by atoms with Gasteiger partial charge >= 0.3 is 6.03 Å². The number of imide groups is 1. The van der Waals surface area contributed by atoms with Crippen molar-refractivity contribution in [1.29, 1.82) is 0 Å². The van der Waals surface area contributed by atoms with E-state index in [1.165, 1.54) is 0 Å². The predicted octanol–water partition coefficient (Wildman–Crippen LogP) is 0.252. The monoisotopic (exact) mass is 174 g/mol. The summed E-state index contributed by atoms with van der Waals surface area (Å²) in [7, 11) is 0. The van der Waals surface area contributed by atoms with Crippen molar-refractivity contribution >= 4 is 24.6 Å². The zero-order valence-electron chi connectivity index (χ0n) is 6.18. The lowest BCUT2D eigenvalue weighted by atomic mass is 10.1. The van der Waals surface area contributed by atoms with Gasteiger partial charge < -0.3 is 5.32 Å². The third kappa shape index (κ3) is 1.48. The van der Waals surface area contributed by atoms with Crippen LogP contribution in [0.1, 0.15) is 19.8 Å². The van der Waals surface area contributed by atoms with Gasteiger partial charge in [-0.05, 0) is 6.42 Å². The normalized spacial score (nSPS) is 30.0. The Labute approximate surface area is 70.1 Å². The molecule has 2 N–H and O–H groups in total. The Balaban J connectivity index is 2.70. The Morgan fingerprint density at radius 2 is 2.18 bits per heavy atom. The number of rotatable bonds is 2. The highest BCUT2D eigenvalue weighted by atomic mass is 32.1. The van der Waals surface area contributed by atoms with E-state index in [-0.39, 0.29) is 5.91 Å². The van der Waals surface area contributed by atoms with Crippen molar-refractivity contribution in [2.24, 2.45) is 0 Å². The van der Waals surface area contributed by atoms with Crippen molar-refractivity contribution in [3.05, 3.63) is 0 Å². The van der Waals surface area contributed by atoms with E-state index in [2.05, 4.69) is 23.3 Å². The van der Waals surface area contributed by atoms with Crippen LogP contribution in [0, 0.1) is 0 Å². The third-order valence-electron chi connectivity index (χ3n) is 1.53. The second-order valence-corrected chi connectivity index (χ2v) is 3.28. The summed E-state index contributed by atoms with van der Waals surface area (Å²) in [4.78, 5) is 20.7. The molecular weight excluding hydrogens is 164 g/mol. The Kier molecular flexibility index (Phi) is 2.08. The quantitative estimate of drug-likeness (QED) is 0.415. The Morgan fingerprint density at radius 1 is 1.55 bits per heavy atom. The molecule has 11 heavy (non-hydrogen) atoms. The largest absolute Gasteiger partial charge is 0.323 e. The van der Waals surface area contributed by atoms with Gasteiger partial charge in [0.05, 0.1) is 0 Å². The number of carbonyl (C=O) groups excluding carboxylic acids is 2. The lowest BCUT2D eigenvalue weighted by Crippen LogP contribution is -2.40. The van der Waals surface area contributed by atoms with Gasteiger partial charge in [0.1, 0.15) is 0 Å². The molecule has 0 aromatic rings. The molecule has 1 rings (SSSR count). The van der Waals surface area contributed by atoms with Gasteiger partial charge in [-0.25, -0.2) is 4.79 Å². The second-order valence-electron chi connectivity index (χ2n) is 2.52. The number of urea groups is 1. The number of amides is 3. The summed E-state index contributed by atoms with van der Waals surface area (Å²) < 4.78 is 0. The van der Waals surface area contributed by atoms with E-state index in [1.807, 2.05) is 6.92 Å². The lowest BCUT2D eigenvalue weighted by Gasteiger charge is -2.17. The first kappa shape index (κ1) is 8.39. The number of hydrogen-bond donors (Lipinski definition) is 3. The first-order valence-electron chi connectivity index (χ1n) is 3.44. The minimum Gasteiger partial charge on any atom is -0.315 e. The van der Waals surface area contributed by atoms with Crippen LogP contribution in [0.25, 0.3) is 0 Å². The van der Waals surface area contributed by atoms with Crippen molar-refractivity contribution in [3.63, 3.8) is 0 Å². The molecule has 0 bridgehead atoms. The highest BCUT2D eigenvalue weighted by Gasteiger charge is 2.41. The molecule has 62 valence electrons. The molecule has 1 heterocycles. The molecule has 0 saturated carbocycles. The zero-order valence-corrected chi connectivity index (χ0v) is 7.07. The molecule has 4 nitrogen and oxygen atoms in total. The van der Waals surface area contributed by atoms with Gasteiger partial charge in [0.15, 0.2) is 4.87 Å². The number of hydrogen-bond acceptors (Lipinski definition) is 3. The van der Waals surface area contributed by atoms with Crippen LogP contribution in [0.2, 0.25) is 0 Å². The van der Waals surface area contributed by atoms with E-state index >= 15 is 0 Å². The van der Waals surface area contributed by atoms with Crippen LogP contribution >= 0.6 is 12.6 Å². The van der Waals surface area contributed by atoms with E-state index in [9.17, 15) is 9.59 Å². The average molecular weight is 174 g/mol. The van der Waals surface area contributed by atoms with Gasteiger partial charge in [-0.15, -0.1) is 12.6 Å². The van der Waals surface area contributed by atoms with Crippen molar-refractivity contribution in [2.75, 3.05) is 0 Å². The smallest absolute Gasteiger partial charge is 0.315 e. The molecule has 0 radical (unpaired) electrons. The molecule has 5 heteroatoms. The predicted molar refractivity (Wildman–Crippen MR) is 43.3 cm³/mol.